The molecule has 2 rings (SSSR count). The summed E-state index contributed by atoms with van der Waals surface area (Å²) < 4.78 is 12.8. The highest BCUT2D eigenvalue weighted by Gasteiger charge is 2.37. The van der Waals surface area contributed by atoms with Gasteiger partial charge in [-0.1, -0.05) is 6.07 Å². The Kier molecular flexibility index (Phi) is 2.19. The molecule has 76 valence electrons. The van der Waals surface area contributed by atoms with Gasteiger partial charge in [-0.3, -0.25) is 0 Å². The van der Waals surface area contributed by atoms with Crippen LogP contribution in [0.5, 0.6) is 0 Å². The van der Waals surface area contributed by atoms with E-state index in [1.165, 1.54) is 6.07 Å². The van der Waals surface area contributed by atoms with E-state index in [4.69, 9.17) is 11.5 Å². The van der Waals surface area contributed by atoms with Crippen molar-refractivity contribution in [1.29, 1.82) is 0 Å². The molecule has 0 saturated heterocycles. The second-order valence-electron chi connectivity index (χ2n) is 4.22. The van der Waals surface area contributed by atoms with Gasteiger partial charge in [-0.25, -0.2) is 4.39 Å². The molecular formula is C11H15FN2. The molecule has 0 heterocycles. The molecule has 1 aromatic rings. The zero-order valence-corrected chi connectivity index (χ0v) is 8.09. The summed E-state index contributed by atoms with van der Waals surface area (Å²) in [4.78, 5) is 0. The third kappa shape index (κ3) is 2.04. The van der Waals surface area contributed by atoms with Crippen LogP contribution in [-0.2, 0) is 6.42 Å². The standard InChI is InChI=1S/C11H15FN2/c12-9-2-1-8(7-10(9)13)3-4-11(14)5-6-11/h1-2,7H,3-6,13-14H2. The number of halogens is 1. The molecule has 3 heteroatoms. The normalized spacial score (nSPS) is 18.1. The maximum atomic E-state index is 12.8. The number of nitrogen functional groups attached to an aromatic ring is 1. The first-order valence-corrected chi connectivity index (χ1v) is 4.92. The van der Waals surface area contributed by atoms with Crippen molar-refractivity contribution < 1.29 is 4.39 Å². The van der Waals surface area contributed by atoms with E-state index in [-0.39, 0.29) is 17.0 Å². The van der Waals surface area contributed by atoms with Crippen molar-refractivity contribution in [3.05, 3.63) is 29.6 Å². The minimum atomic E-state index is -0.345. The van der Waals surface area contributed by atoms with Gasteiger partial charge in [0.05, 0.1) is 5.69 Å². The van der Waals surface area contributed by atoms with Gasteiger partial charge in [0.1, 0.15) is 5.82 Å². The van der Waals surface area contributed by atoms with Gasteiger partial charge in [-0.15, -0.1) is 0 Å². The molecule has 1 aliphatic carbocycles. The van der Waals surface area contributed by atoms with E-state index in [2.05, 4.69) is 0 Å². The van der Waals surface area contributed by atoms with Crippen LogP contribution in [-0.4, -0.2) is 5.54 Å². The fraction of sp³-hybridized carbons (Fsp3) is 0.455. The predicted octanol–water partition coefficient (Wildman–Crippen LogP) is 1.83. The van der Waals surface area contributed by atoms with Gasteiger partial charge in [0.25, 0.3) is 0 Å². The van der Waals surface area contributed by atoms with Crippen molar-refractivity contribution in [2.45, 2.75) is 31.2 Å². The van der Waals surface area contributed by atoms with Crippen LogP contribution in [0.3, 0.4) is 0 Å². The molecule has 0 radical (unpaired) electrons. The van der Waals surface area contributed by atoms with Crippen molar-refractivity contribution in [1.82, 2.24) is 0 Å². The lowest BCUT2D eigenvalue weighted by Gasteiger charge is -2.08. The zero-order chi connectivity index (χ0) is 10.2. The van der Waals surface area contributed by atoms with Gasteiger partial charge in [0, 0.05) is 5.54 Å². The van der Waals surface area contributed by atoms with E-state index >= 15 is 0 Å². The van der Waals surface area contributed by atoms with Gasteiger partial charge < -0.3 is 11.5 Å². The Balaban J connectivity index is 1.99. The van der Waals surface area contributed by atoms with Crippen molar-refractivity contribution in [2.24, 2.45) is 5.73 Å². The third-order valence-electron chi connectivity index (χ3n) is 2.86. The number of hydrogen-bond donors (Lipinski definition) is 2. The van der Waals surface area contributed by atoms with Crippen molar-refractivity contribution >= 4 is 5.69 Å². The number of rotatable bonds is 3. The van der Waals surface area contributed by atoms with E-state index in [1.807, 2.05) is 0 Å². The molecule has 1 aromatic carbocycles. The summed E-state index contributed by atoms with van der Waals surface area (Å²) in [5.74, 6) is -0.345. The van der Waals surface area contributed by atoms with Crippen molar-refractivity contribution in [3.8, 4) is 0 Å². The van der Waals surface area contributed by atoms with Crippen LogP contribution in [0.25, 0.3) is 0 Å². The molecule has 1 fully saturated rings. The molecule has 1 saturated carbocycles. The second-order valence-corrected chi connectivity index (χ2v) is 4.22. The third-order valence-corrected chi connectivity index (χ3v) is 2.86. The molecule has 1 aliphatic rings. The fourth-order valence-corrected chi connectivity index (χ4v) is 1.55. The zero-order valence-electron chi connectivity index (χ0n) is 8.09. The Morgan fingerprint density at radius 3 is 2.64 bits per heavy atom. The summed E-state index contributed by atoms with van der Waals surface area (Å²) in [6, 6.07) is 4.89. The van der Waals surface area contributed by atoms with Crippen LogP contribution in [0.15, 0.2) is 18.2 Å². The molecule has 4 N–H and O–H groups in total. The van der Waals surface area contributed by atoms with Crippen LogP contribution >= 0.6 is 0 Å². The van der Waals surface area contributed by atoms with Gasteiger partial charge in [0.15, 0.2) is 0 Å². The van der Waals surface area contributed by atoms with Crippen LogP contribution in [0.1, 0.15) is 24.8 Å². The molecule has 0 unspecified atom stereocenters. The topological polar surface area (TPSA) is 52.0 Å². The molecule has 0 spiro atoms. The smallest absolute Gasteiger partial charge is 0.146 e. The number of aryl methyl sites for hydroxylation is 1. The number of nitrogens with two attached hydrogens (primary N) is 2. The monoisotopic (exact) mass is 194 g/mol. The summed E-state index contributed by atoms with van der Waals surface area (Å²) in [5.41, 5.74) is 12.8. The number of anilines is 1. The number of hydrogen-bond acceptors (Lipinski definition) is 2. The van der Waals surface area contributed by atoms with Crippen LogP contribution < -0.4 is 11.5 Å². The largest absolute Gasteiger partial charge is 0.396 e. The average molecular weight is 194 g/mol. The first kappa shape index (κ1) is 9.46. The molecule has 14 heavy (non-hydrogen) atoms. The summed E-state index contributed by atoms with van der Waals surface area (Å²) in [6.45, 7) is 0. The van der Waals surface area contributed by atoms with Crippen LogP contribution in [0.2, 0.25) is 0 Å². The van der Waals surface area contributed by atoms with Gasteiger partial charge >= 0.3 is 0 Å². The minimum Gasteiger partial charge on any atom is -0.396 e. The van der Waals surface area contributed by atoms with Gasteiger partial charge in [-0.05, 0) is 43.4 Å². The average Bonchev–Trinajstić information content (AvgIpc) is 2.87. The quantitative estimate of drug-likeness (QED) is 0.721. The Bertz CT molecular complexity index is 345. The summed E-state index contributed by atoms with van der Waals surface area (Å²) in [7, 11) is 0. The summed E-state index contributed by atoms with van der Waals surface area (Å²) in [6.07, 6.45) is 4.09. The van der Waals surface area contributed by atoms with E-state index in [0.29, 0.717) is 0 Å². The lowest BCUT2D eigenvalue weighted by Crippen LogP contribution is -2.22. The SMILES string of the molecule is Nc1cc(CCC2(N)CC2)ccc1F. The minimum absolute atomic E-state index is 0.0587. The molecule has 0 aliphatic heterocycles. The van der Waals surface area contributed by atoms with Crippen molar-refractivity contribution in [2.75, 3.05) is 5.73 Å². The fourth-order valence-electron chi connectivity index (χ4n) is 1.55. The van der Waals surface area contributed by atoms with Crippen LogP contribution in [0.4, 0.5) is 10.1 Å². The maximum Gasteiger partial charge on any atom is 0.146 e. The highest BCUT2D eigenvalue weighted by molar-refractivity contribution is 5.42. The van der Waals surface area contributed by atoms with E-state index in [1.54, 1.807) is 12.1 Å². The lowest BCUT2D eigenvalue weighted by atomic mass is 10.0. The van der Waals surface area contributed by atoms with Crippen LogP contribution in [0, 0.1) is 5.82 Å². The highest BCUT2D eigenvalue weighted by Crippen LogP contribution is 2.36. The van der Waals surface area contributed by atoms with Gasteiger partial charge in [-0.2, -0.15) is 0 Å². The molecule has 0 bridgehead atoms. The van der Waals surface area contributed by atoms with Gasteiger partial charge in [0.2, 0.25) is 0 Å². The van der Waals surface area contributed by atoms with E-state index in [0.717, 1.165) is 31.2 Å². The molecule has 0 atom stereocenters. The Morgan fingerprint density at radius 2 is 2.07 bits per heavy atom. The van der Waals surface area contributed by atoms with E-state index < -0.39 is 0 Å². The Hall–Kier alpha value is -1.09. The molecule has 0 aromatic heterocycles. The second kappa shape index (κ2) is 3.24. The number of benzene rings is 1. The molecular weight excluding hydrogens is 179 g/mol. The van der Waals surface area contributed by atoms with Crippen molar-refractivity contribution in [3.63, 3.8) is 0 Å². The lowest BCUT2D eigenvalue weighted by molar-refractivity contribution is 0.606. The predicted molar refractivity (Wildman–Crippen MR) is 55.3 cm³/mol. The summed E-state index contributed by atoms with van der Waals surface area (Å²) in [5, 5.41) is 0. The first-order chi connectivity index (χ1) is 6.59. The first-order valence-electron chi connectivity index (χ1n) is 4.92. The Labute approximate surface area is 83.1 Å². The Morgan fingerprint density at radius 1 is 1.36 bits per heavy atom. The highest BCUT2D eigenvalue weighted by atomic mass is 19.1. The van der Waals surface area contributed by atoms with E-state index in [9.17, 15) is 4.39 Å². The molecule has 2 nitrogen and oxygen atoms in total. The maximum absolute atomic E-state index is 12.8. The molecule has 0 amide bonds. The summed E-state index contributed by atoms with van der Waals surface area (Å²) >= 11 is 0.